The lowest BCUT2D eigenvalue weighted by Crippen LogP contribution is -2.41. The van der Waals surface area contributed by atoms with Crippen LogP contribution in [-0.4, -0.2) is 63.5 Å². The Balaban J connectivity index is 4.19. The van der Waals surface area contributed by atoms with E-state index in [4.69, 9.17) is 0 Å². The zero-order valence-electron chi connectivity index (χ0n) is 12.2. The Kier molecular flexibility index (Phi) is 8.64. The fourth-order valence-electron chi connectivity index (χ4n) is 1.48. The first kappa shape index (κ1) is 19.6. The fourth-order valence-corrected chi connectivity index (χ4v) is 2.64. The average Bonchev–Trinajstić information content (AvgIpc) is 2.34. The Bertz CT molecular complexity index is 360. The van der Waals surface area contributed by atoms with Gasteiger partial charge in [-0.2, -0.15) is 30.2 Å². The molecule has 0 unspecified atom stereocenters. The first-order valence-corrected chi connectivity index (χ1v) is 7.96. The van der Waals surface area contributed by atoms with E-state index >= 15 is 0 Å². The van der Waals surface area contributed by atoms with E-state index in [0.717, 1.165) is 28.6 Å². The molecule has 122 valence electrons. The van der Waals surface area contributed by atoms with Gasteiger partial charge in [0, 0.05) is 27.2 Å². The molecule has 0 radical (unpaired) electrons. The van der Waals surface area contributed by atoms with Gasteiger partial charge in [-0.15, -0.1) is 0 Å². The molecule has 9 heteroatoms. The van der Waals surface area contributed by atoms with Gasteiger partial charge in [-0.25, -0.2) is 0 Å². The number of rotatable bonds is 10. The van der Waals surface area contributed by atoms with Crippen LogP contribution in [0.15, 0.2) is 0 Å². The highest BCUT2D eigenvalue weighted by molar-refractivity contribution is 7.86. The fraction of sp³-hybridized carbons (Fsp3) is 1.00. The molecule has 0 bridgehead atoms. The van der Waals surface area contributed by atoms with Crippen LogP contribution >= 0.6 is 0 Å². The Labute approximate surface area is 119 Å². The first-order chi connectivity index (χ1) is 9.11. The largest absolute Gasteiger partial charge is 0.390 e. The van der Waals surface area contributed by atoms with Crippen molar-refractivity contribution in [2.75, 3.05) is 40.3 Å². The van der Waals surface area contributed by atoms with Gasteiger partial charge in [-0.1, -0.05) is 6.92 Å². The maximum Gasteiger partial charge on any atom is 0.390 e. The summed E-state index contributed by atoms with van der Waals surface area (Å²) < 4.78 is 61.9. The van der Waals surface area contributed by atoms with Crippen molar-refractivity contribution >= 4 is 10.2 Å². The minimum atomic E-state index is -4.35. The SMILES string of the molecule is CCCNCCCN(C)S(=O)(=O)N(C)CCC(F)(F)F. The maximum absolute atomic E-state index is 12.1. The van der Waals surface area contributed by atoms with E-state index in [9.17, 15) is 21.6 Å². The smallest absolute Gasteiger partial charge is 0.317 e. The second-order valence-corrected chi connectivity index (χ2v) is 6.76. The summed E-state index contributed by atoms with van der Waals surface area (Å²) in [6.45, 7) is 3.28. The van der Waals surface area contributed by atoms with Gasteiger partial charge >= 0.3 is 6.18 Å². The molecule has 0 aliphatic carbocycles. The van der Waals surface area contributed by atoms with Gasteiger partial charge in [-0.05, 0) is 25.9 Å². The molecule has 1 N–H and O–H groups in total. The van der Waals surface area contributed by atoms with E-state index in [1.54, 1.807) is 0 Å². The predicted molar refractivity (Wildman–Crippen MR) is 72.6 cm³/mol. The summed E-state index contributed by atoms with van der Waals surface area (Å²) in [6, 6.07) is 0. The van der Waals surface area contributed by atoms with Crippen molar-refractivity contribution in [1.29, 1.82) is 0 Å². The normalized spacial score (nSPS) is 13.4. The molecule has 0 amide bonds. The Morgan fingerprint density at radius 2 is 1.60 bits per heavy atom. The van der Waals surface area contributed by atoms with Crippen LogP contribution in [0.1, 0.15) is 26.2 Å². The molecule has 0 heterocycles. The van der Waals surface area contributed by atoms with E-state index < -0.39 is 29.4 Å². The lowest BCUT2D eigenvalue weighted by Gasteiger charge is -2.24. The van der Waals surface area contributed by atoms with Gasteiger partial charge in [0.2, 0.25) is 0 Å². The van der Waals surface area contributed by atoms with E-state index in [1.807, 2.05) is 6.92 Å². The summed E-state index contributed by atoms with van der Waals surface area (Å²) in [6.07, 6.45) is -3.89. The molecule has 0 saturated heterocycles. The van der Waals surface area contributed by atoms with E-state index in [0.29, 0.717) is 13.0 Å². The minimum absolute atomic E-state index is 0.273. The van der Waals surface area contributed by atoms with Crippen LogP contribution in [0, 0.1) is 0 Å². The quantitative estimate of drug-likeness (QED) is 0.620. The van der Waals surface area contributed by atoms with Crippen LogP contribution in [0.4, 0.5) is 13.2 Å². The summed E-state index contributed by atoms with van der Waals surface area (Å²) in [5, 5.41) is 3.13. The minimum Gasteiger partial charge on any atom is -0.317 e. The van der Waals surface area contributed by atoms with Crippen LogP contribution in [0.5, 0.6) is 0 Å². The highest BCUT2D eigenvalue weighted by Crippen LogP contribution is 2.20. The summed E-state index contributed by atoms with van der Waals surface area (Å²) in [5.74, 6) is 0. The van der Waals surface area contributed by atoms with Gasteiger partial charge in [0.15, 0.2) is 0 Å². The van der Waals surface area contributed by atoms with Crippen molar-refractivity contribution in [3.8, 4) is 0 Å². The van der Waals surface area contributed by atoms with Crippen LogP contribution in [0.3, 0.4) is 0 Å². The molecule has 5 nitrogen and oxygen atoms in total. The van der Waals surface area contributed by atoms with Gasteiger partial charge in [0.1, 0.15) is 0 Å². The zero-order valence-corrected chi connectivity index (χ0v) is 13.0. The number of alkyl halides is 3. The van der Waals surface area contributed by atoms with Crippen molar-refractivity contribution in [2.24, 2.45) is 0 Å². The molecule has 0 spiro atoms. The van der Waals surface area contributed by atoms with Crippen molar-refractivity contribution in [2.45, 2.75) is 32.4 Å². The topological polar surface area (TPSA) is 52.7 Å². The summed E-state index contributed by atoms with van der Waals surface area (Å²) in [4.78, 5) is 0. The molecule has 0 aliphatic heterocycles. The predicted octanol–water partition coefficient (Wildman–Crippen LogP) is 1.44. The molecule has 0 aromatic heterocycles. The average molecular weight is 319 g/mol. The van der Waals surface area contributed by atoms with Crippen molar-refractivity contribution < 1.29 is 21.6 Å². The van der Waals surface area contributed by atoms with E-state index in [2.05, 4.69) is 5.32 Å². The molecule has 0 rings (SSSR count). The van der Waals surface area contributed by atoms with E-state index in [-0.39, 0.29) is 6.54 Å². The summed E-state index contributed by atoms with van der Waals surface area (Å²) in [7, 11) is -1.28. The number of nitrogens with zero attached hydrogens (tertiary/aromatic N) is 2. The molecule has 0 fully saturated rings. The second kappa shape index (κ2) is 8.81. The third-order valence-electron chi connectivity index (χ3n) is 2.75. The highest BCUT2D eigenvalue weighted by Gasteiger charge is 2.31. The maximum atomic E-state index is 12.1. The monoisotopic (exact) mass is 319 g/mol. The molecule has 0 aromatic rings. The third kappa shape index (κ3) is 8.03. The number of hydrogen-bond acceptors (Lipinski definition) is 3. The van der Waals surface area contributed by atoms with Crippen LogP contribution in [0.2, 0.25) is 0 Å². The van der Waals surface area contributed by atoms with Gasteiger partial charge in [0.25, 0.3) is 10.2 Å². The molecule has 0 atom stereocenters. The molecule has 0 aliphatic rings. The molecular weight excluding hydrogens is 295 g/mol. The van der Waals surface area contributed by atoms with Crippen molar-refractivity contribution in [1.82, 2.24) is 13.9 Å². The Morgan fingerprint density at radius 1 is 1.05 bits per heavy atom. The third-order valence-corrected chi connectivity index (χ3v) is 4.69. The molecular formula is C11H24F3N3O2S. The molecule has 0 aromatic carbocycles. The highest BCUT2D eigenvalue weighted by atomic mass is 32.2. The Hall–Kier alpha value is -0.380. The lowest BCUT2D eigenvalue weighted by molar-refractivity contribution is -0.135. The van der Waals surface area contributed by atoms with Crippen molar-refractivity contribution in [3.05, 3.63) is 0 Å². The first-order valence-electron chi connectivity index (χ1n) is 6.56. The number of hydrogen-bond donors (Lipinski definition) is 1. The van der Waals surface area contributed by atoms with Gasteiger partial charge < -0.3 is 5.32 Å². The second-order valence-electron chi connectivity index (χ2n) is 4.62. The lowest BCUT2D eigenvalue weighted by atomic mass is 10.4. The van der Waals surface area contributed by atoms with Crippen LogP contribution < -0.4 is 5.32 Å². The Morgan fingerprint density at radius 3 is 2.10 bits per heavy atom. The van der Waals surface area contributed by atoms with Gasteiger partial charge in [-0.3, -0.25) is 0 Å². The van der Waals surface area contributed by atoms with Gasteiger partial charge in [0.05, 0.1) is 6.42 Å². The zero-order chi connectivity index (χ0) is 15.8. The molecule has 20 heavy (non-hydrogen) atoms. The molecule has 0 saturated carbocycles. The van der Waals surface area contributed by atoms with Crippen molar-refractivity contribution in [3.63, 3.8) is 0 Å². The van der Waals surface area contributed by atoms with E-state index in [1.165, 1.54) is 7.05 Å². The van der Waals surface area contributed by atoms with Crippen LogP contribution in [0.25, 0.3) is 0 Å². The standard InChI is InChI=1S/C11H24F3N3O2S/c1-4-7-15-8-5-9-16(2)20(18,19)17(3)10-6-11(12,13)14/h15H,4-10H2,1-3H3. The number of nitrogens with one attached hydrogen (secondary N) is 1. The number of halogens is 3. The summed E-state index contributed by atoms with van der Waals surface area (Å²) >= 11 is 0. The summed E-state index contributed by atoms with van der Waals surface area (Å²) in [5.41, 5.74) is 0. The van der Waals surface area contributed by atoms with Crippen LogP contribution in [-0.2, 0) is 10.2 Å².